The van der Waals surface area contributed by atoms with E-state index < -0.39 is 0 Å². The van der Waals surface area contributed by atoms with Crippen LogP contribution in [0.1, 0.15) is 25.1 Å². The van der Waals surface area contributed by atoms with E-state index in [2.05, 4.69) is 27.0 Å². The van der Waals surface area contributed by atoms with Crippen molar-refractivity contribution in [2.45, 2.75) is 25.8 Å². The number of hydrogen-bond donors (Lipinski definition) is 0. The number of halogens is 1. The van der Waals surface area contributed by atoms with Crippen LogP contribution < -0.4 is 0 Å². The van der Waals surface area contributed by atoms with E-state index in [4.69, 9.17) is 5.26 Å². The third-order valence-corrected chi connectivity index (χ3v) is 4.21. The minimum Gasteiger partial charge on any atom is -0.322 e. The molecule has 0 aliphatic heterocycles. The molecule has 0 aromatic carbocycles. The van der Waals surface area contributed by atoms with E-state index in [0.717, 1.165) is 11.9 Å². The van der Waals surface area contributed by atoms with Crippen LogP contribution in [0.5, 0.6) is 0 Å². The maximum atomic E-state index is 8.82. The van der Waals surface area contributed by atoms with Gasteiger partial charge in [0.1, 0.15) is 6.07 Å². The van der Waals surface area contributed by atoms with Gasteiger partial charge in [-0.3, -0.25) is 0 Å². The molecule has 2 rings (SSSR count). The van der Waals surface area contributed by atoms with Crippen molar-refractivity contribution in [3.05, 3.63) is 18.2 Å². The summed E-state index contributed by atoms with van der Waals surface area (Å²) in [6.45, 7) is 0.918. The number of alkyl halides is 1. The SMILES string of the molecule is N#Cc1nccn1CC1(CBr)CCC1. The topological polar surface area (TPSA) is 41.6 Å². The van der Waals surface area contributed by atoms with E-state index in [1.165, 1.54) is 19.3 Å². The van der Waals surface area contributed by atoms with Gasteiger partial charge < -0.3 is 4.57 Å². The lowest BCUT2D eigenvalue weighted by Gasteiger charge is -2.40. The molecule has 1 saturated carbocycles. The fourth-order valence-corrected chi connectivity index (χ4v) is 2.66. The van der Waals surface area contributed by atoms with Gasteiger partial charge in [0.15, 0.2) is 0 Å². The molecule has 14 heavy (non-hydrogen) atoms. The first-order valence-electron chi connectivity index (χ1n) is 4.77. The lowest BCUT2D eigenvalue weighted by molar-refractivity contribution is 0.140. The van der Waals surface area contributed by atoms with Crippen molar-refractivity contribution in [3.63, 3.8) is 0 Å². The van der Waals surface area contributed by atoms with Crippen molar-refractivity contribution in [1.82, 2.24) is 9.55 Å². The number of imidazole rings is 1. The molecule has 3 nitrogen and oxygen atoms in total. The number of nitriles is 1. The summed E-state index contributed by atoms with van der Waals surface area (Å²) in [5.74, 6) is 0.525. The van der Waals surface area contributed by atoms with Gasteiger partial charge in [-0.25, -0.2) is 4.98 Å². The number of rotatable bonds is 3. The molecule has 1 heterocycles. The predicted octanol–water partition coefficient (Wildman–Crippen LogP) is 2.32. The van der Waals surface area contributed by atoms with Gasteiger partial charge >= 0.3 is 0 Å². The van der Waals surface area contributed by atoms with Crippen LogP contribution in [0.25, 0.3) is 0 Å². The van der Waals surface area contributed by atoms with Gasteiger partial charge in [-0.2, -0.15) is 5.26 Å². The van der Waals surface area contributed by atoms with Crippen LogP contribution in [0, 0.1) is 16.7 Å². The quantitative estimate of drug-likeness (QED) is 0.777. The van der Waals surface area contributed by atoms with Gasteiger partial charge in [0, 0.05) is 24.3 Å². The molecule has 0 radical (unpaired) electrons. The minimum absolute atomic E-state index is 0.367. The van der Waals surface area contributed by atoms with Crippen molar-refractivity contribution < 1.29 is 0 Å². The summed E-state index contributed by atoms with van der Waals surface area (Å²) in [5, 5.41) is 9.84. The molecule has 1 aliphatic carbocycles. The predicted molar refractivity (Wildman–Crippen MR) is 57.0 cm³/mol. The van der Waals surface area contributed by atoms with Gasteiger partial charge in [-0.15, -0.1) is 0 Å². The number of nitrogens with zero attached hydrogens (tertiary/aromatic N) is 3. The molecule has 0 N–H and O–H groups in total. The molecule has 0 saturated heterocycles. The maximum absolute atomic E-state index is 8.82. The first-order chi connectivity index (χ1) is 6.79. The Bertz CT molecular complexity index is 354. The third-order valence-electron chi connectivity index (χ3n) is 3.02. The average Bonchev–Trinajstić information content (AvgIpc) is 2.58. The molecule has 0 atom stereocenters. The Morgan fingerprint density at radius 3 is 2.93 bits per heavy atom. The third kappa shape index (κ3) is 1.57. The molecule has 0 amide bonds. The van der Waals surface area contributed by atoms with E-state index in [9.17, 15) is 0 Å². The molecule has 1 aliphatic rings. The zero-order valence-electron chi connectivity index (χ0n) is 7.91. The zero-order valence-corrected chi connectivity index (χ0v) is 9.50. The van der Waals surface area contributed by atoms with Crippen LogP contribution in [0.15, 0.2) is 12.4 Å². The summed E-state index contributed by atoms with van der Waals surface area (Å²) in [6, 6.07) is 2.11. The van der Waals surface area contributed by atoms with Crippen LogP contribution in [0.4, 0.5) is 0 Å². The second kappa shape index (κ2) is 3.74. The van der Waals surface area contributed by atoms with Crippen molar-refractivity contribution in [2.24, 2.45) is 5.41 Å². The molecule has 0 bridgehead atoms. The van der Waals surface area contributed by atoms with Gasteiger partial charge in [0.2, 0.25) is 5.82 Å². The molecule has 1 aromatic rings. The lowest BCUT2D eigenvalue weighted by Crippen LogP contribution is -2.35. The summed E-state index contributed by atoms with van der Waals surface area (Å²) in [4.78, 5) is 4.00. The second-order valence-electron chi connectivity index (χ2n) is 3.98. The van der Waals surface area contributed by atoms with Crippen LogP contribution in [0.2, 0.25) is 0 Å². The summed E-state index contributed by atoms with van der Waals surface area (Å²) in [6.07, 6.45) is 7.39. The zero-order chi connectivity index (χ0) is 10.0. The molecule has 1 fully saturated rings. The number of hydrogen-bond acceptors (Lipinski definition) is 2. The fraction of sp³-hybridized carbons (Fsp3) is 0.600. The highest BCUT2D eigenvalue weighted by Crippen LogP contribution is 2.43. The van der Waals surface area contributed by atoms with Crippen LogP contribution in [0.3, 0.4) is 0 Å². The van der Waals surface area contributed by atoms with Crippen molar-refractivity contribution in [1.29, 1.82) is 5.26 Å². The van der Waals surface area contributed by atoms with Crippen LogP contribution in [-0.4, -0.2) is 14.9 Å². The Labute approximate surface area is 91.9 Å². The second-order valence-corrected chi connectivity index (χ2v) is 4.54. The first kappa shape index (κ1) is 9.72. The maximum Gasteiger partial charge on any atom is 0.212 e. The van der Waals surface area contributed by atoms with E-state index in [0.29, 0.717) is 11.2 Å². The van der Waals surface area contributed by atoms with Crippen LogP contribution >= 0.6 is 15.9 Å². The summed E-state index contributed by atoms with van der Waals surface area (Å²) >= 11 is 3.56. The highest BCUT2D eigenvalue weighted by Gasteiger charge is 2.36. The van der Waals surface area contributed by atoms with E-state index in [1.54, 1.807) is 6.20 Å². The molecular formula is C10H12BrN3. The van der Waals surface area contributed by atoms with Crippen LogP contribution in [-0.2, 0) is 6.54 Å². The Morgan fingerprint density at radius 1 is 1.64 bits per heavy atom. The monoisotopic (exact) mass is 253 g/mol. The molecule has 0 unspecified atom stereocenters. The summed E-state index contributed by atoms with van der Waals surface area (Å²) < 4.78 is 1.96. The smallest absolute Gasteiger partial charge is 0.212 e. The lowest BCUT2D eigenvalue weighted by atomic mass is 9.70. The molecule has 4 heteroatoms. The highest BCUT2D eigenvalue weighted by atomic mass is 79.9. The molecule has 0 spiro atoms. The highest BCUT2D eigenvalue weighted by molar-refractivity contribution is 9.09. The van der Waals surface area contributed by atoms with Gasteiger partial charge in [0.25, 0.3) is 0 Å². The fourth-order valence-electron chi connectivity index (χ4n) is 1.92. The van der Waals surface area contributed by atoms with Crippen molar-refractivity contribution in [2.75, 3.05) is 5.33 Å². The molecular weight excluding hydrogens is 242 g/mol. The van der Waals surface area contributed by atoms with E-state index in [-0.39, 0.29) is 0 Å². The normalized spacial score (nSPS) is 18.6. The van der Waals surface area contributed by atoms with Gasteiger partial charge in [-0.05, 0) is 18.3 Å². The van der Waals surface area contributed by atoms with Crippen molar-refractivity contribution >= 4 is 15.9 Å². The Kier molecular flexibility index (Phi) is 2.60. The first-order valence-corrected chi connectivity index (χ1v) is 5.89. The largest absolute Gasteiger partial charge is 0.322 e. The standard InChI is InChI=1S/C10H12BrN3/c11-7-10(2-1-3-10)8-14-5-4-13-9(14)6-12/h4-5H,1-3,7-8H2. The number of aromatic nitrogens is 2. The average molecular weight is 254 g/mol. The molecule has 1 aromatic heterocycles. The van der Waals surface area contributed by atoms with Crippen molar-refractivity contribution in [3.8, 4) is 6.07 Å². The van der Waals surface area contributed by atoms with Gasteiger partial charge in [-0.1, -0.05) is 22.4 Å². The van der Waals surface area contributed by atoms with E-state index >= 15 is 0 Å². The summed E-state index contributed by atoms with van der Waals surface area (Å²) in [5.41, 5.74) is 0.367. The summed E-state index contributed by atoms with van der Waals surface area (Å²) in [7, 11) is 0. The minimum atomic E-state index is 0.367. The molecule has 74 valence electrons. The Morgan fingerprint density at radius 2 is 2.43 bits per heavy atom. The Balaban J connectivity index is 2.14. The van der Waals surface area contributed by atoms with E-state index in [1.807, 2.05) is 10.8 Å². The Hall–Kier alpha value is -0.820. The van der Waals surface area contributed by atoms with Gasteiger partial charge in [0.05, 0.1) is 0 Å².